The average molecular weight is 408 g/mol. The van der Waals surface area contributed by atoms with E-state index in [0.29, 0.717) is 15.9 Å². The Labute approximate surface area is 165 Å². The second-order valence-electron chi connectivity index (χ2n) is 7.64. The number of rotatable bonds is 3. The molecule has 0 spiro atoms. The number of alkyl halides is 3. The summed E-state index contributed by atoms with van der Waals surface area (Å²) in [6, 6.07) is 8.55. The fraction of sp³-hybridized carbons (Fsp3) is 0.476. The lowest BCUT2D eigenvalue weighted by Gasteiger charge is -2.30. The molecule has 150 valence electrons. The van der Waals surface area contributed by atoms with Crippen LogP contribution >= 0.6 is 11.3 Å². The molecule has 3 aromatic rings. The van der Waals surface area contributed by atoms with Crippen LogP contribution in [0.2, 0.25) is 0 Å². The third-order valence-corrected chi connectivity index (χ3v) is 6.97. The topological polar surface area (TPSA) is 38.1 Å². The van der Waals surface area contributed by atoms with Gasteiger partial charge in [0.05, 0.1) is 10.2 Å². The molecule has 7 heteroatoms. The van der Waals surface area contributed by atoms with Gasteiger partial charge in [0.1, 0.15) is 5.01 Å². The smallest absolute Gasteiger partial charge is 0.370 e. The third-order valence-electron chi connectivity index (χ3n) is 5.83. The summed E-state index contributed by atoms with van der Waals surface area (Å²) in [6.45, 7) is 3.50. The summed E-state index contributed by atoms with van der Waals surface area (Å²) in [4.78, 5) is 4.16. The number of halogens is 3. The molecule has 1 aliphatic carbocycles. The van der Waals surface area contributed by atoms with E-state index in [1.807, 2.05) is 11.5 Å². The Morgan fingerprint density at radius 2 is 1.79 bits per heavy atom. The number of aryl methyl sites for hydroxylation is 1. The molecule has 1 aliphatic rings. The summed E-state index contributed by atoms with van der Waals surface area (Å²) in [7, 11) is 0. The molecule has 0 bridgehead atoms. The first-order valence-electron chi connectivity index (χ1n) is 9.57. The number of aliphatic hydroxyl groups is 1. The maximum atomic E-state index is 14.3. The van der Waals surface area contributed by atoms with Gasteiger partial charge in [0.2, 0.25) is 5.60 Å². The van der Waals surface area contributed by atoms with Gasteiger partial charge in [0, 0.05) is 23.0 Å². The first-order chi connectivity index (χ1) is 13.2. The van der Waals surface area contributed by atoms with E-state index in [0.717, 1.165) is 42.7 Å². The minimum Gasteiger partial charge on any atom is -0.370 e. The van der Waals surface area contributed by atoms with Gasteiger partial charge in [-0.3, -0.25) is 0 Å². The van der Waals surface area contributed by atoms with Crippen molar-refractivity contribution < 1.29 is 18.3 Å². The molecule has 0 saturated heterocycles. The Bertz CT molecular complexity index is 968. The summed E-state index contributed by atoms with van der Waals surface area (Å²) in [5.74, 6) is 0. The largest absolute Gasteiger partial charge is 0.428 e. The molecule has 2 aromatic heterocycles. The van der Waals surface area contributed by atoms with Crippen LogP contribution in [0.15, 0.2) is 30.3 Å². The second-order valence-corrected chi connectivity index (χ2v) is 8.67. The van der Waals surface area contributed by atoms with Crippen molar-refractivity contribution in [2.75, 3.05) is 0 Å². The number of benzene rings is 1. The van der Waals surface area contributed by atoms with Crippen molar-refractivity contribution in [2.24, 2.45) is 0 Å². The number of nitrogens with zero attached hydrogens (tertiary/aromatic N) is 2. The van der Waals surface area contributed by atoms with Crippen LogP contribution in [0.1, 0.15) is 60.1 Å². The molecule has 1 fully saturated rings. The normalized spacial score (nSPS) is 18.5. The summed E-state index contributed by atoms with van der Waals surface area (Å²) < 4.78 is 45.4. The number of aromatic nitrogens is 2. The van der Waals surface area contributed by atoms with E-state index >= 15 is 0 Å². The molecule has 1 N–H and O–H groups in total. The van der Waals surface area contributed by atoms with Crippen LogP contribution in [0.5, 0.6) is 0 Å². The van der Waals surface area contributed by atoms with E-state index < -0.39 is 11.8 Å². The third kappa shape index (κ3) is 2.95. The second kappa shape index (κ2) is 6.88. The molecule has 0 amide bonds. The summed E-state index contributed by atoms with van der Waals surface area (Å²) >= 11 is 0.895. The van der Waals surface area contributed by atoms with Gasteiger partial charge in [-0.1, -0.05) is 31.4 Å². The van der Waals surface area contributed by atoms with E-state index in [1.165, 1.54) is 12.5 Å². The number of hydrogen-bond acceptors (Lipinski definition) is 3. The van der Waals surface area contributed by atoms with Gasteiger partial charge >= 0.3 is 6.18 Å². The molecule has 28 heavy (non-hydrogen) atoms. The average Bonchev–Trinajstić information content (AvgIpc) is 3.22. The number of hydrogen-bond donors (Lipinski definition) is 1. The SMILES string of the molecule is Cc1cc([C@@](O)(c2nc3ccccc3s2)C(F)(F)F)c(C)n1C1CCCCC1. The first-order valence-corrected chi connectivity index (χ1v) is 10.4. The van der Waals surface area contributed by atoms with E-state index in [1.54, 1.807) is 31.2 Å². The highest BCUT2D eigenvalue weighted by molar-refractivity contribution is 7.18. The van der Waals surface area contributed by atoms with E-state index in [4.69, 9.17) is 0 Å². The highest BCUT2D eigenvalue weighted by atomic mass is 32.1. The van der Waals surface area contributed by atoms with Crippen molar-refractivity contribution in [3.05, 3.63) is 52.3 Å². The van der Waals surface area contributed by atoms with E-state index in [-0.39, 0.29) is 16.6 Å². The van der Waals surface area contributed by atoms with Gasteiger partial charge in [-0.15, -0.1) is 11.3 Å². The fourth-order valence-corrected chi connectivity index (χ4v) is 5.55. The molecule has 4 rings (SSSR count). The minimum atomic E-state index is -4.88. The van der Waals surface area contributed by atoms with Crippen LogP contribution in [0.25, 0.3) is 10.2 Å². The van der Waals surface area contributed by atoms with Crippen LogP contribution < -0.4 is 0 Å². The predicted molar refractivity (Wildman–Crippen MR) is 105 cm³/mol. The molecule has 3 nitrogen and oxygen atoms in total. The quantitative estimate of drug-likeness (QED) is 0.576. The van der Waals surface area contributed by atoms with Crippen LogP contribution in [0, 0.1) is 13.8 Å². The molecular weight excluding hydrogens is 385 g/mol. The van der Waals surface area contributed by atoms with Gasteiger partial charge in [0.15, 0.2) is 0 Å². The maximum Gasteiger partial charge on any atom is 0.428 e. The van der Waals surface area contributed by atoms with Crippen molar-refractivity contribution in [3.8, 4) is 0 Å². The molecule has 2 heterocycles. The monoisotopic (exact) mass is 408 g/mol. The van der Waals surface area contributed by atoms with Gasteiger partial charge in [-0.25, -0.2) is 4.98 Å². The molecule has 1 atom stereocenters. The van der Waals surface area contributed by atoms with Crippen molar-refractivity contribution in [1.82, 2.24) is 9.55 Å². The first kappa shape index (κ1) is 19.5. The molecule has 1 aromatic carbocycles. The Balaban J connectivity index is 1.89. The Hall–Kier alpha value is -1.86. The summed E-state index contributed by atoms with van der Waals surface area (Å²) in [5.41, 5.74) is -1.54. The van der Waals surface area contributed by atoms with Crippen LogP contribution in [-0.4, -0.2) is 20.8 Å². The lowest BCUT2D eigenvalue weighted by molar-refractivity contribution is -0.248. The summed E-state index contributed by atoms with van der Waals surface area (Å²) in [5, 5.41) is 10.8. The standard InChI is InChI=1S/C21H23F3N2OS/c1-13-12-16(14(2)26(13)15-8-4-3-5-9-15)20(27,21(22,23)24)19-25-17-10-6-7-11-18(17)28-19/h6-7,10-12,15,27H,3-5,8-9H2,1-2H3/t20-/m1/s1. The van der Waals surface area contributed by atoms with Gasteiger partial charge in [-0.2, -0.15) is 13.2 Å². The van der Waals surface area contributed by atoms with Gasteiger partial charge < -0.3 is 9.67 Å². The van der Waals surface area contributed by atoms with E-state index in [2.05, 4.69) is 4.98 Å². The van der Waals surface area contributed by atoms with Gasteiger partial charge in [-0.05, 0) is 44.9 Å². The Morgan fingerprint density at radius 1 is 1.11 bits per heavy atom. The fourth-order valence-electron chi connectivity index (χ4n) is 4.46. The highest BCUT2D eigenvalue weighted by Crippen LogP contribution is 2.48. The zero-order valence-electron chi connectivity index (χ0n) is 15.9. The van der Waals surface area contributed by atoms with Crippen molar-refractivity contribution in [1.29, 1.82) is 0 Å². The molecule has 0 unspecified atom stereocenters. The molecule has 1 saturated carbocycles. The van der Waals surface area contributed by atoms with Crippen molar-refractivity contribution in [2.45, 2.75) is 63.8 Å². The highest BCUT2D eigenvalue weighted by Gasteiger charge is 2.59. The maximum absolute atomic E-state index is 14.3. The lowest BCUT2D eigenvalue weighted by atomic mass is 9.92. The minimum absolute atomic E-state index is 0.109. The zero-order valence-corrected chi connectivity index (χ0v) is 16.7. The molecular formula is C21H23F3N2OS. The number of para-hydroxylation sites is 1. The van der Waals surface area contributed by atoms with Crippen LogP contribution in [-0.2, 0) is 5.60 Å². The molecule has 0 aliphatic heterocycles. The zero-order chi connectivity index (χ0) is 20.1. The lowest BCUT2D eigenvalue weighted by Crippen LogP contribution is -2.43. The van der Waals surface area contributed by atoms with Crippen LogP contribution in [0.3, 0.4) is 0 Å². The molecule has 0 radical (unpaired) electrons. The van der Waals surface area contributed by atoms with E-state index in [9.17, 15) is 18.3 Å². The van der Waals surface area contributed by atoms with Crippen molar-refractivity contribution >= 4 is 21.6 Å². The number of fused-ring (bicyclic) bond motifs is 1. The van der Waals surface area contributed by atoms with Crippen molar-refractivity contribution in [3.63, 3.8) is 0 Å². The summed E-state index contributed by atoms with van der Waals surface area (Å²) in [6.07, 6.45) is 0.372. The van der Waals surface area contributed by atoms with Gasteiger partial charge in [0.25, 0.3) is 0 Å². The Morgan fingerprint density at radius 3 is 2.43 bits per heavy atom. The van der Waals surface area contributed by atoms with Crippen LogP contribution in [0.4, 0.5) is 13.2 Å². The Kier molecular flexibility index (Phi) is 4.78. The predicted octanol–water partition coefficient (Wildman–Crippen LogP) is 6.02. The number of thiazole rings is 1.